The third kappa shape index (κ3) is 3.91. The topological polar surface area (TPSA) is 18.5 Å². The molecule has 0 atom stereocenters. The van der Waals surface area contributed by atoms with Crippen molar-refractivity contribution in [1.29, 1.82) is 0 Å². The molecule has 0 bridgehead atoms. The first-order chi connectivity index (χ1) is 13.6. The summed E-state index contributed by atoms with van der Waals surface area (Å²) in [5, 5.41) is 0.880. The van der Waals surface area contributed by atoms with Gasteiger partial charge in [-0.25, -0.2) is 8.78 Å². The molecule has 0 aliphatic carbocycles. The second kappa shape index (κ2) is 8.10. The zero-order valence-corrected chi connectivity index (χ0v) is 15.5. The van der Waals surface area contributed by atoms with Gasteiger partial charge in [0.05, 0.1) is 13.2 Å². The van der Waals surface area contributed by atoms with Crippen LogP contribution in [0.4, 0.5) is 8.78 Å². The molecule has 0 unspecified atom stereocenters. The summed E-state index contributed by atoms with van der Waals surface area (Å²) in [7, 11) is 0. The van der Waals surface area contributed by atoms with Crippen LogP contribution in [0.5, 0.6) is 0 Å². The quantitative estimate of drug-likeness (QED) is 0.541. The Kier molecular flexibility index (Phi) is 5.38. The lowest BCUT2D eigenvalue weighted by atomic mass is 10.1. The van der Waals surface area contributed by atoms with Crippen molar-refractivity contribution in [3.63, 3.8) is 0 Å². The lowest BCUT2D eigenvalue weighted by Crippen LogP contribution is -2.26. The van der Waals surface area contributed by atoms with Gasteiger partial charge >= 0.3 is 0 Å². The fraction of sp³-hybridized carbons (Fsp3) is 0.250. The molecule has 3 aromatic rings. The molecule has 1 aliphatic heterocycles. The van der Waals surface area contributed by atoms with Crippen LogP contribution in [0.3, 0.4) is 0 Å². The van der Waals surface area contributed by atoms with Crippen molar-refractivity contribution in [2.45, 2.75) is 19.6 Å². The van der Waals surface area contributed by atoms with E-state index in [9.17, 15) is 8.78 Å². The van der Waals surface area contributed by atoms with Crippen LogP contribution >= 0.6 is 0 Å². The van der Waals surface area contributed by atoms with Crippen molar-refractivity contribution in [2.24, 2.45) is 5.92 Å². The maximum atomic E-state index is 13.8. The molecule has 1 heterocycles. The molecule has 1 fully saturated rings. The van der Waals surface area contributed by atoms with E-state index in [1.54, 1.807) is 24.3 Å². The fourth-order valence-corrected chi connectivity index (χ4v) is 3.18. The number of fused-ring (bicyclic) bond motifs is 1. The van der Waals surface area contributed by atoms with Crippen molar-refractivity contribution < 1.29 is 18.3 Å². The molecule has 4 rings (SSSR count). The zero-order chi connectivity index (χ0) is 19.5. The third-order valence-electron chi connectivity index (χ3n) is 4.98. The smallest absolute Gasteiger partial charge is 0.183 e. The predicted molar refractivity (Wildman–Crippen MR) is 105 cm³/mol. The molecular weight excluding hydrogens is 358 g/mol. The summed E-state index contributed by atoms with van der Waals surface area (Å²) in [6.07, 6.45) is 0.734. The average Bonchev–Trinajstić information content (AvgIpc) is 2.75. The minimum Gasteiger partial charge on any atom is -0.348 e. The first-order valence-corrected chi connectivity index (χ1v) is 9.37. The van der Waals surface area contributed by atoms with E-state index >= 15 is 0 Å². The van der Waals surface area contributed by atoms with Gasteiger partial charge in [0.25, 0.3) is 0 Å². The fourth-order valence-electron chi connectivity index (χ4n) is 3.18. The van der Waals surface area contributed by atoms with E-state index in [0.717, 1.165) is 42.4 Å². The van der Waals surface area contributed by atoms with Gasteiger partial charge in [-0.05, 0) is 42.1 Å². The van der Waals surface area contributed by atoms with Crippen molar-refractivity contribution in [1.82, 2.24) is 0 Å². The molecule has 0 radical (unpaired) electrons. The highest BCUT2D eigenvalue weighted by Gasteiger charge is 2.22. The molecule has 1 saturated heterocycles. The van der Waals surface area contributed by atoms with Crippen LogP contribution in [-0.2, 0) is 9.47 Å². The van der Waals surface area contributed by atoms with Gasteiger partial charge in [-0.2, -0.15) is 0 Å². The second-order valence-electron chi connectivity index (χ2n) is 6.94. The maximum Gasteiger partial charge on any atom is 0.183 e. The first-order valence-electron chi connectivity index (χ1n) is 9.37. The van der Waals surface area contributed by atoms with E-state index in [-0.39, 0.29) is 11.7 Å². The second-order valence-corrected chi connectivity index (χ2v) is 6.94. The summed E-state index contributed by atoms with van der Waals surface area (Å²) >= 11 is 0. The number of rotatable bonds is 2. The van der Waals surface area contributed by atoms with Crippen LogP contribution in [0.2, 0.25) is 0 Å². The van der Waals surface area contributed by atoms with Crippen LogP contribution in [-0.4, -0.2) is 13.2 Å². The third-order valence-corrected chi connectivity index (χ3v) is 4.98. The Hall–Kier alpha value is -2.74. The molecule has 0 amide bonds. The molecule has 2 nitrogen and oxygen atoms in total. The minimum atomic E-state index is -0.845. The average molecular weight is 378 g/mol. The van der Waals surface area contributed by atoms with Crippen LogP contribution < -0.4 is 0 Å². The largest absolute Gasteiger partial charge is 0.348 e. The predicted octanol–water partition coefficient (Wildman–Crippen LogP) is 5.59. The molecule has 0 spiro atoms. The van der Waals surface area contributed by atoms with Gasteiger partial charge in [-0.1, -0.05) is 43.0 Å². The van der Waals surface area contributed by atoms with E-state index < -0.39 is 11.6 Å². The van der Waals surface area contributed by atoms with E-state index in [2.05, 4.69) is 18.8 Å². The van der Waals surface area contributed by atoms with Gasteiger partial charge < -0.3 is 9.47 Å². The lowest BCUT2D eigenvalue weighted by Gasteiger charge is -2.29. The lowest BCUT2D eigenvalue weighted by molar-refractivity contribution is -0.205. The Morgan fingerprint density at radius 2 is 1.57 bits per heavy atom. The van der Waals surface area contributed by atoms with Gasteiger partial charge in [-0.3, -0.25) is 0 Å². The summed E-state index contributed by atoms with van der Waals surface area (Å²) in [4.78, 5) is 0. The molecule has 1 aliphatic rings. The summed E-state index contributed by atoms with van der Waals surface area (Å²) in [6.45, 7) is 3.57. The van der Waals surface area contributed by atoms with Crippen molar-refractivity contribution >= 4 is 10.8 Å². The van der Waals surface area contributed by atoms with Crippen LogP contribution in [0, 0.1) is 29.4 Å². The molecular formula is C24H20F2O2. The number of hydrogen-bond acceptors (Lipinski definition) is 2. The molecule has 0 aromatic heterocycles. The Labute approximate surface area is 163 Å². The number of hydrogen-bond donors (Lipinski definition) is 0. The Balaban J connectivity index is 1.49. The van der Waals surface area contributed by atoms with Gasteiger partial charge in [0.15, 0.2) is 17.9 Å². The highest BCUT2D eigenvalue weighted by atomic mass is 19.2. The first kappa shape index (κ1) is 18.6. The van der Waals surface area contributed by atoms with Gasteiger partial charge in [0.1, 0.15) is 0 Å². The van der Waals surface area contributed by atoms with E-state index in [4.69, 9.17) is 9.47 Å². The van der Waals surface area contributed by atoms with Crippen LogP contribution in [0.1, 0.15) is 36.3 Å². The van der Waals surface area contributed by atoms with E-state index in [1.165, 1.54) is 0 Å². The highest BCUT2D eigenvalue weighted by molar-refractivity contribution is 5.84. The van der Waals surface area contributed by atoms with Crippen molar-refractivity contribution in [3.8, 4) is 11.8 Å². The van der Waals surface area contributed by atoms with Gasteiger partial charge in [-0.15, -0.1) is 0 Å². The van der Waals surface area contributed by atoms with Crippen LogP contribution in [0.25, 0.3) is 10.8 Å². The zero-order valence-electron chi connectivity index (χ0n) is 15.5. The summed E-state index contributed by atoms with van der Waals surface area (Å²) < 4.78 is 38.6. The van der Waals surface area contributed by atoms with Crippen molar-refractivity contribution in [3.05, 3.63) is 82.9 Å². The van der Waals surface area contributed by atoms with Crippen LogP contribution in [0.15, 0.2) is 54.6 Å². The normalized spacial score (nSPS) is 19.2. The number of ether oxygens (including phenoxy) is 2. The van der Waals surface area contributed by atoms with E-state index in [1.807, 2.05) is 24.3 Å². The molecule has 0 N–H and O–H groups in total. The molecule has 0 saturated carbocycles. The summed E-state index contributed by atoms with van der Waals surface area (Å²) in [5.41, 5.74) is 2.58. The minimum absolute atomic E-state index is 0.257. The SMILES string of the molecule is CCC1COC(c2ccc(C#Cc3ccc4c(F)c(F)ccc4c3)cc2)OC1. The number of halogens is 2. The molecule has 28 heavy (non-hydrogen) atoms. The standard InChI is InChI=1S/C24H20F2O2/c1-2-16-14-27-24(28-15-16)19-8-5-17(6-9-19)3-4-18-7-11-21-20(13-18)10-12-22(25)23(21)26/h5-13,16,24H,2,14-15H2,1H3. The number of benzene rings is 3. The summed E-state index contributed by atoms with van der Waals surface area (Å²) in [5.74, 6) is 4.96. The Bertz CT molecular complexity index is 1040. The van der Waals surface area contributed by atoms with Crippen molar-refractivity contribution in [2.75, 3.05) is 13.2 Å². The maximum absolute atomic E-state index is 13.8. The molecule has 4 heteroatoms. The Morgan fingerprint density at radius 3 is 2.29 bits per heavy atom. The molecule has 3 aromatic carbocycles. The Morgan fingerprint density at radius 1 is 0.893 bits per heavy atom. The van der Waals surface area contributed by atoms with Gasteiger partial charge in [0, 0.05) is 28.0 Å². The molecule has 142 valence electrons. The monoisotopic (exact) mass is 378 g/mol. The summed E-state index contributed by atoms with van der Waals surface area (Å²) in [6, 6.07) is 15.5. The van der Waals surface area contributed by atoms with Gasteiger partial charge in [0.2, 0.25) is 0 Å². The highest BCUT2D eigenvalue weighted by Crippen LogP contribution is 2.26. The van der Waals surface area contributed by atoms with E-state index in [0.29, 0.717) is 11.3 Å².